The van der Waals surface area contributed by atoms with Gasteiger partial charge in [0.05, 0.1) is 23.4 Å². The van der Waals surface area contributed by atoms with Crippen molar-refractivity contribution < 1.29 is 9.53 Å². The summed E-state index contributed by atoms with van der Waals surface area (Å²) >= 11 is 0. The predicted octanol–water partition coefficient (Wildman–Crippen LogP) is 2.40. The van der Waals surface area contributed by atoms with Crippen LogP contribution in [-0.2, 0) is 4.79 Å². The number of nitriles is 1. The molecule has 1 heterocycles. The largest absolute Gasteiger partial charge is 0.484 e. The SMILES string of the molecule is C[C@@H](NC(=O)COc1ccc(C#N)cc1)c1ccc(-n2cncn2)cc1. The van der Waals surface area contributed by atoms with Crippen molar-refractivity contribution in [3.05, 3.63) is 72.3 Å². The summed E-state index contributed by atoms with van der Waals surface area (Å²) in [6, 6.07) is 16.2. The number of hydrogen-bond acceptors (Lipinski definition) is 5. The number of hydrogen-bond donors (Lipinski definition) is 1. The minimum absolute atomic E-state index is 0.0900. The lowest BCUT2D eigenvalue weighted by atomic mass is 10.1. The summed E-state index contributed by atoms with van der Waals surface area (Å²) in [5.41, 5.74) is 2.42. The highest BCUT2D eigenvalue weighted by molar-refractivity contribution is 5.78. The van der Waals surface area contributed by atoms with Gasteiger partial charge in [-0.2, -0.15) is 10.4 Å². The van der Waals surface area contributed by atoms with Gasteiger partial charge in [0, 0.05) is 0 Å². The summed E-state index contributed by atoms with van der Waals surface area (Å²) in [5, 5.41) is 15.7. The van der Waals surface area contributed by atoms with Crippen molar-refractivity contribution in [1.29, 1.82) is 5.26 Å². The Morgan fingerprint density at radius 1 is 1.23 bits per heavy atom. The molecule has 0 spiro atoms. The van der Waals surface area contributed by atoms with E-state index < -0.39 is 0 Å². The van der Waals surface area contributed by atoms with Crippen LogP contribution in [0.15, 0.2) is 61.2 Å². The number of carbonyl (C=O) groups is 1. The minimum atomic E-state index is -0.220. The van der Waals surface area contributed by atoms with E-state index in [1.807, 2.05) is 37.3 Å². The molecule has 1 atom stereocenters. The Bertz CT molecular complexity index is 897. The molecule has 1 N–H and O–H groups in total. The summed E-state index contributed by atoms with van der Waals surface area (Å²) in [4.78, 5) is 16.0. The molecular formula is C19H17N5O2. The van der Waals surface area contributed by atoms with Crippen molar-refractivity contribution >= 4 is 5.91 Å². The highest BCUT2D eigenvalue weighted by Gasteiger charge is 2.10. The third kappa shape index (κ3) is 4.24. The monoisotopic (exact) mass is 347 g/mol. The van der Waals surface area contributed by atoms with Crippen LogP contribution in [0.3, 0.4) is 0 Å². The van der Waals surface area contributed by atoms with E-state index in [1.54, 1.807) is 35.3 Å². The molecule has 0 unspecified atom stereocenters. The molecule has 0 saturated carbocycles. The second kappa shape index (κ2) is 7.94. The summed E-state index contributed by atoms with van der Waals surface area (Å²) in [7, 11) is 0. The second-order valence-electron chi connectivity index (χ2n) is 5.65. The first kappa shape index (κ1) is 17.2. The van der Waals surface area contributed by atoms with E-state index >= 15 is 0 Å². The third-order valence-corrected chi connectivity index (χ3v) is 3.81. The van der Waals surface area contributed by atoms with E-state index in [-0.39, 0.29) is 18.6 Å². The van der Waals surface area contributed by atoms with Crippen molar-refractivity contribution in [2.75, 3.05) is 6.61 Å². The second-order valence-corrected chi connectivity index (χ2v) is 5.65. The van der Waals surface area contributed by atoms with Crippen LogP contribution in [0.5, 0.6) is 5.75 Å². The van der Waals surface area contributed by atoms with Crippen LogP contribution >= 0.6 is 0 Å². The molecule has 3 aromatic rings. The quantitative estimate of drug-likeness (QED) is 0.739. The number of carbonyl (C=O) groups excluding carboxylic acids is 1. The summed E-state index contributed by atoms with van der Waals surface area (Å²) in [6.45, 7) is 1.82. The number of nitrogens with one attached hydrogen (secondary N) is 1. The maximum absolute atomic E-state index is 12.1. The van der Waals surface area contributed by atoms with Crippen molar-refractivity contribution in [3.8, 4) is 17.5 Å². The first-order chi connectivity index (χ1) is 12.7. The van der Waals surface area contributed by atoms with Crippen molar-refractivity contribution in [1.82, 2.24) is 20.1 Å². The van der Waals surface area contributed by atoms with Gasteiger partial charge < -0.3 is 10.1 Å². The molecule has 26 heavy (non-hydrogen) atoms. The number of benzene rings is 2. The average Bonchev–Trinajstić information content (AvgIpc) is 3.21. The molecule has 2 aromatic carbocycles. The Balaban J connectivity index is 1.52. The lowest BCUT2D eigenvalue weighted by molar-refractivity contribution is -0.123. The zero-order chi connectivity index (χ0) is 18.4. The van der Waals surface area contributed by atoms with Gasteiger partial charge in [0.1, 0.15) is 18.4 Å². The molecule has 7 nitrogen and oxygen atoms in total. The number of ether oxygens (including phenoxy) is 1. The first-order valence-corrected chi connectivity index (χ1v) is 8.03. The zero-order valence-electron chi connectivity index (χ0n) is 14.2. The number of aromatic nitrogens is 3. The molecule has 0 aliphatic rings. The average molecular weight is 347 g/mol. The van der Waals surface area contributed by atoms with Gasteiger partial charge in [0.15, 0.2) is 6.61 Å². The van der Waals surface area contributed by atoms with E-state index in [0.717, 1.165) is 11.3 Å². The zero-order valence-corrected chi connectivity index (χ0v) is 14.2. The van der Waals surface area contributed by atoms with Gasteiger partial charge in [0.25, 0.3) is 5.91 Å². The third-order valence-electron chi connectivity index (χ3n) is 3.81. The van der Waals surface area contributed by atoms with E-state index in [0.29, 0.717) is 11.3 Å². The van der Waals surface area contributed by atoms with Gasteiger partial charge >= 0.3 is 0 Å². The van der Waals surface area contributed by atoms with Crippen LogP contribution in [0, 0.1) is 11.3 Å². The van der Waals surface area contributed by atoms with Crippen molar-refractivity contribution in [3.63, 3.8) is 0 Å². The molecule has 0 saturated heterocycles. The van der Waals surface area contributed by atoms with Crippen LogP contribution in [0.25, 0.3) is 5.69 Å². The fourth-order valence-corrected chi connectivity index (χ4v) is 2.40. The standard InChI is InChI=1S/C19H17N5O2/c1-14(16-4-6-17(7-5-16)24-13-21-12-22-24)23-19(25)11-26-18-8-2-15(10-20)3-9-18/h2-9,12-14H,11H2,1H3,(H,23,25)/t14-/m1/s1. The molecule has 7 heteroatoms. The van der Waals surface area contributed by atoms with E-state index in [4.69, 9.17) is 10.00 Å². The summed E-state index contributed by atoms with van der Waals surface area (Å²) in [5.74, 6) is 0.325. The fraction of sp³-hybridized carbons (Fsp3) is 0.158. The molecule has 0 aliphatic carbocycles. The molecule has 0 bridgehead atoms. The summed E-state index contributed by atoms with van der Waals surface area (Å²) < 4.78 is 7.10. The Kier molecular flexibility index (Phi) is 5.25. The van der Waals surface area contributed by atoms with Gasteiger partial charge in [-0.1, -0.05) is 12.1 Å². The lowest BCUT2D eigenvalue weighted by Gasteiger charge is -2.15. The van der Waals surface area contributed by atoms with Crippen LogP contribution in [0.1, 0.15) is 24.1 Å². The number of rotatable bonds is 6. The van der Waals surface area contributed by atoms with Gasteiger partial charge in [0.2, 0.25) is 0 Å². The first-order valence-electron chi connectivity index (χ1n) is 8.03. The predicted molar refractivity (Wildman–Crippen MR) is 94.6 cm³/mol. The normalized spacial score (nSPS) is 11.4. The van der Waals surface area contributed by atoms with Gasteiger partial charge in [-0.15, -0.1) is 0 Å². The highest BCUT2D eigenvalue weighted by Crippen LogP contribution is 2.15. The van der Waals surface area contributed by atoms with E-state index in [2.05, 4.69) is 15.4 Å². The molecule has 1 aromatic heterocycles. The lowest BCUT2D eigenvalue weighted by Crippen LogP contribution is -2.31. The molecule has 0 radical (unpaired) electrons. The van der Waals surface area contributed by atoms with Crippen LogP contribution in [0.2, 0.25) is 0 Å². The van der Waals surface area contributed by atoms with Gasteiger partial charge in [-0.3, -0.25) is 4.79 Å². The van der Waals surface area contributed by atoms with E-state index in [9.17, 15) is 4.79 Å². The van der Waals surface area contributed by atoms with Crippen molar-refractivity contribution in [2.24, 2.45) is 0 Å². The maximum atomic E-state index is 12.1. The maximum Gasteiger partial charge on any atom is 0.258 e. The number of amides is 1. The van der Waals surface area contributed by atoms with E-state index in [1.165, 1.54) is 6.33 Å². The van der Waals surface area contributed by atoms with Crippen LogP contribution in [-0.4, -0.2) is 27.3 Å². The molecule has 0 fully saturated rings. The van der Waals surface area contributed by atoms with Crippen LogP contribution < -0.4 is 10.1 Å². The molecule has 130 valence electrons. The fourth-order valence-electron chi connectivity index (χ4n) is 2.40. The number of nitrogens with zero attached hydrogens (tertiary/aromatic N) is 4. The smallest absolute Gasteiger partial charge is 0.258 e. The Morgan fingerprint density at radius 2 is 1.96 bits per heavy atom. The van der Waals surface area contributed by atoms with Gasteiger partial charge in [-0.05, 0) is 48.9 Å². The molecule has 3 rings (SSSR count). The molecule has 1 amide bonds. The Labute approximate surface area is 150 Å². The van der Waals surface area contributed by atoms with Crippen LogP contribution in [0.4, 0.5) is 0 Å². The molecule has 0 aliphatic heterocycles. The Morgan fingerprint density at radius 3 is 2.58 bits per heavy atom. The summed E-state index contributed by atoms with van der Waals surface area (Å²) in [6.07, 6.45) is 3.10. The highest BCUT2D eigenvalue weighted by atomic mass is 16.5. The minimum Gasteiger partial charge on any atom is -0.484 e. The van der Waals surface area contributed by atoms with Gasteiger partial charge in [-0.25, -0.2) is 9.67 Å². The van der Waals surface area contributed by atoms with Crippen molar-refractivity contribution in [2.45, 2.75) is 13.0 Å². The molecular weight excluding hydrogens is 330 g/mol. The topological polar surface area (TPSA) is 92.8 Å². The Hall–Kier alpha value is -3.66.